The third-order valence-corrected chi connectivity index (χ3v) is 5.97. The maximum Gasteiger partial charge on any atom is 0.252 e. The lowest BCUT2D eigenvalue weighted by Gasteiger charge is -2.05. The molecular weight excluding hydrogens is 375 g/mol. The lowest BCUT2D eigenvalue weighted by Crippen LogP contribution is -2.14. The summed E-state index contributed by atoms with van der Waals surface area (Å²) in [6.07, 6.45) is 0.272. The van der Waals surface area contributed by atoms with Crippen molar-refractivity contribution in [1.29, 1.82) is 0 Å². The van der Waals surface area contributed by atoms with E-state index >= 15 is 0 Å². The van der Waals surface area contributed by atoms with Crippen LogP contribution in [0.2, 0.25) is 10.0 Å². The van der Waals surface area contributed by atoms with Gasteiger partial charge in [-0.3, -0.25) is 4.79 Å². The molecule has 0 unspecified atom stereocenters. The molecule has 0 N–H and O–H groups in total. The van der Waals surface area contributed by atoms with Gasteiger partial charge in [-0.1, -0.05) is 72.7 Å². The van der Waals surface area contributed by atoms with Crippen molar-refractivity contribution < 1.29 is 4.79 Å². The van der Waals surface area contributed by atoms with Crippen LogP contribution in [0.25, 0.3) is 10.2 Å². The lowest BCUT2D eigenvalue weighted by molar-refractivity contribution is -0.117. The Morgan fingerprint density at radius 1 is 1.12 bits per heavy atom. The first-order valence-electron chi connectivity index (χ1n) is 7.96. The van der Waals surface area contributed by atoms with Crippen molar-refractivity contribution in [1.82, 2.24) is 4.57 Å². The predicted molar refractivity (Wildman–Crippen MR) is 106 cm³/mol. The van der Waals surface area contributed by atoms with Gasteiger partial charge in [-0.25, -0.2) is 0 Å². The molecule has 0 radical (unpaired) electrons. The summed E-state index contributed by atoms with van der Waals surface area (Å²) in [7, 11) is 1.84. The van der Waals surface area contributed by atoms with E-state index in [1.54, 1.807) is 12.1 Å². The zero-order chi connectivity index (χ0) is 18.1. The number of carbonyl (C=O) groups is 1. The smallest absolute Gasteiger partial charge is 0.252 e. The maximum absolute atomic E-state index is 12.4. The summed E-state index contributed by atoms with van der Waals surface area (Å²) < 4.78 is 2.65. The number of nitrogens with zero attached hydrogens (tertiary/aromatic N) is 2. The average Bonchev–Trinajstić information content (AvgIpc) is 2.89. The molecule has 25 heavy (non-hydrogen) atoms. The van der Waals surface area contributed by atoms with Gasteiger partial charge < -0.3 is 4.57 Å². The number of thiazole rings is 1. The number of benzene rings is 2. The molecule has 1 amide bonds. The summed E-state index contributed by atoms with van der Waals surface area (Å²) in [5.41, 5.74) is 3.01. The third kappa shape index (κ3) is 3.81. The third-order valence-electron chi connectivity index (χ3n) is 4.07. The summed E-state index contributed by atoms with van der Waals surface area (Å²) in [5, 5.41) is 1.20. The predicted octanol–water partition coefficient (Wildman–Crippen LogP) is 5.34. The van der Waals surface area contributed by atoms with Crippen molar-refractivity contribution in [3.63, 3.8) is 0 Å². The molecule has 0 aliphatic carbocycles. The summed E-state index contributed by atoms with van der Waals surface area (Å²) in [6.45, 7) is 4.29. The summed E-state index contributed by atoms with van der Waals surface area (Å²) in [5.74, 6) is 0.285. The minimum atomic E-state index is -0.188. The Morgan fingerprint density at radius 2 is 1.76 bits per heavy atom. The largest absolute Gasteiger partial charge is 0.318 e. The second kappa shape index (κ2) is 7.32. The average molecular weight is 393 g/mol. The zero-order valence-corrected chi connectivity index (χ0v) is 16.5. The summed E-state index contributed by atoms with van der Waals surface area (Å²) in [4.78, 5) is 17.2. The molecule has 0 atom stereocenters. The molecule has 3 aromatic rings. The quantitative estimate of drug-likeness (QED) is 0.592. The first-order valence-corrected chi connectivity index (χ1v) is 9.54. The van der Waals surface area contributed by atoms with Gasteiger partial charge in [-0.2, -0.15) is 4.99 Å². The fraction of sp³-hybridized carbons (Fsp3) is 0.263. The Morgan fingerprint density at radius 3 is 2.36 bits per heavy atom. The molecule has 3 rings (SSSR count). The highest BCUT2D eigenvalue weighted by Crippen LogP contribution is 2.31. The van der Waals surface area contributed by atoms with Crippen LogP contribution < -0.4 is 4.80 Å². The van der Waals surface area contributed by atoms with E-state index in [9.17, 15) is 4.79 Å². The number of halogens is 2. The number of aryl methyl sites for hydroxylation is 1. The van der Waals surface area contributed by atoms with Crippen LogP contribution in [0.5, 0.6) is 0 Å². The van der Waals surface area contributed by atoms with Crippen LogP contribution in [0.4, 0.5) is 0 Å². The van der Waals surface area contributed by atoms with E-state index in [1.807, 2.05) is 23.7 Å². The van der Waals surface area contributed by atoms with Crippen molar-refractivity contribution >= 4 is 50.7 Å². The molecule has 0 fully saturated rings. The summed E-state index contributed by atoms with van der Waals surface area (Å²) in [6, 6.07) is 11.6. The van der Waals surface area contributed by atoms with E-state index in [0.717, 1.165) is 15.8 Å². The molecule has 1 aromatic heterocycles. The Balaban J connectivity index is 1.91. The Hall–Kier alpha value is -1.62. The topological polar surface area (TPSA) is 34.4 Å². The van der Waals surface area contributed by atoms with Crippen molar-refractivity contribution in [3.8, 4) is 0 Å². The zero-order valence-electron chi connectivity index (χ0n) is 14.2. The number of hydrogen-bond acceptors (Lipinski definition) is 2. The highest BCUT2D eigenvalue weighted by molar-refractivity contribution is 7.17. The molecule has 130 valence electrons. The molecule has 0 saturated heterocycles. The van der Waals surface area contributed by atoms with Crippen LogP contribution in [-0.4, -0.2) is 10.5 Å². The lowest BCUT2D eigenvalue weighted by atomic mass is 10.0. The minimum absolute atomic E-state index is 0.188. The SMILES string of the molecule is CC(C)c1ccc(CC(=O)N=c2sc3c(Cl)ccc(Cl)c3n2C)cc1. The van der Waals surface area contributed by atoms with Gasteiger partial charge in [0, 0.05) is 7.05 Å². The van der Waals surface area contributed by atoms with E-state index < -0.39 is 0 Å². The van der Waals surface area contributed by atoms with E-state index in [0.29, 0.717) is 20.8 Å². The highest BCUT2D eigenvalue weighted by Gasteiger charge is 2.11. The number of aromatic nitrogens is 1. The van der Waals surface area contributed by atoms with Crippen LogP contribution >= 0.6 is 34.5 Å². The van der Waals surface area contributed by atoms with Crippen molar-refractivity contribution in [2.45, 2.75) is 26.2 Å². The van der Waals surface area contributed by atoms with Crippen LogP contribution in [0.3, 0.4) is 0 Å². The Bertz CT molecular complexity index is 1000. The van der Waals surface area contributed by atoms with Crippen molar-refractivity contribution in [2.75, 3.05) is 0 Å². The van der Waals surface area contributed by atoms with E-state index in [4.69, 9.17) is 23.2 Å². The van der Waals surface area contributed by atoms with Gasteiger partial charge in [0.25, 0.3) is 5.91 Å². The number of hydrogen-bond donors (Lipinski definition) is 0. The molecule has 1 heterocycles. The number of rotatable bonds is 3. The van der Waals surface area contributed by atoms with Gasteiger partial charge in [-0.05, 0) is 29.2 Å². The van der Waals surface area contributed by atoms with E-state index in [2.05, 4.69) is 31.0 Å². The Kier molecular flexibility index (Phi) is 5.32. The second-order valence-electron chi connectivity index (χ2n) is 6.23. The standard InChI is InChI=1S/C19H18Cl2N2OS/c1-11(2)13-6-4-12(5-7-13)10-16(24)22-19-23(3)17-14(20)8-9-15(21)18(17)25-19/h4-9,11H,10H2,1-3H3. The van der Waals surface area contributed by atoms with Crippen LogP contribution in [-0.2, 0) is 18.3 Å². The molecule has 0 saturated carbocycles. The maximum atomic E-state index is 12.4. The molecule has 6 heteroatoms. The first-order chi connectivity index (χ1) is 11.9. The molecule has 0 aliphatic rings. The normalized spacial score (nSPS) is 12.3. The highest BCUT2D eigenvalue weighted by atomic mass is 35.5. The molecule has 0 aliphatic heterocycles. The fourth-order valence-electron chi connectivity index (χ4n) is 2.63. The van der Waals surface area contributed by atoms with Crippen LogP contribution in [0, 0.1) is 0 Å². The van der Waals surface area contributed by atoms with Crippen LogP contribution in [0.15, 0.2) is 41.4 Å². The molecular formula is C19H18Cl2N2OS. The van der Waals surface area contributed by atoms with Gasteiger partial charge in [0.15, 0.2) is 4.80 Å². The van der Waals surface area contributed by atoms with Crippen molar-refractivity contribution in [2.24, 2.45) is 12.0 Å². The van der Waals surface area contributed by atoms with E-state index in [-0.39, 0.29) is 12.3 Å². The number of amides is 1. The monoisotopic (exact) mass is 392 g/mol. The second-order valence-corrected chi connectivity index (χ2v) is 8.02. The number of fused-ring (bicyclic) bond motifs is 1. The van der Waals surface area contributed by atoms with Gasteiger partial charge in [0.05, 0.1) is 26.7 Å². The minimum Gasteiger partial charge on any atom is -0.318 e. The van der Waals surface area contributed by atoms with E-state index in [1.165, 1.54) is 16.9 Å². The Labute approximate surface area is 160 Å². The van der Waals surface area contributed by atoms with Gasteiger partial charge in [-0.15, -0.1) is 0 Å². The van der Waals surface area contributed by atoms with Gasteiger partial charge >= 0.3 is 0 Å². The van der Waals surface area contributed by atoms with Gasteiger partial charge in [0.1, 0.15) is 0 Å². The van der Waals surface area contributed by atoms with Gasteiger partial charge in [0.2, 0.25) is 0 Å². The van der Waals surface area contributed by atoms with Crippen LogP contribution in [0.1, 0.15) is 30.9 Å². The molecule has 0 spiro atoms. The molecule has 3 nitrogen and oxygen atoms in total. The molecule has 2 aromatic carbocycles. The van der Waals surface area contributed by atoms with Crippen molar-refractivity contribution in [3.05, 3.63) is 62.4 Å². The fourth-order valence-corrected chi connectivity index (χ4v) is 4.30. The number of carbonyl (C=O) groups excluding carboxylic acids is 1. The first kappa shape index (κ1) is 18.2. The summed E-state index contributed by atoms with van der Waals surface area (Å²) >= 11 is 13.9. The molecule has 0 bridgehead atoms.